The summed E-state index contributed by atoms with van der Waals surface area (Å²) in [6.07, 6.45) is 4.45. The maximum Gasteiger partial charge on any atom is 0.220 e. The topological polar surface area (TPSA) is 55.1 Å². The average Bonchev–Trinajstić information content (AvgIpc) is 2.42. The molecule has 1 aromatic rings. The molecule has 3 N–H and O–H groups in total. The van der Waals surface area contributed by atoms with Crippen LogP contribution in [0.3, 0.4) is 0 Å². The lowest BCUT2D eigenvalue weighted by molar-refractivity contribution is -0.121. The van der Waals surface area contributed by atoms with Gasteiger partial charge in [-0.25, -0.2) is 0 Å². The maximum atomic E-state index is 11.9. The first-order chi connectivity index (χ1) is 9.17. The van der Waals surface area contributed by atoms with E-state index in [2.05, 4.69) is 28.2 Å². The van der Waals surface area contributed by atoms with Crippen LogP contribution in [0.15, 0.2) is 28.7 Å². The molecule has 1 unspecified atom stereocenters. The number of hydrogen-bond acceptors (Lipinski definition) is 2. The Bertz CT molecular complexity index is 401. The van der Waals surface area contributed by atoms with Crippen molar-refractivity contribution in [2.45, 2.75) is 45.1 Å². The molecular formula is C15H24BrClN2O. The van der Waals surface area contributed by atoms with Crippen molar-refractivity contribution in [2.24, 2.45) is 5.73 Å². The normalized spacial score (nSPS) is 11.6. The van der Waals surface area contributed by atoms with Gasteiger partial charge in [-0.05, 0) is 24.5 Å². The molecule has 0 aliphatic heterocycles. The van der Waals surface area contributed by atoms with Crippen LogP contribution >= 0.6 is 28.3 Å². The zero-order valence-corrected chi connectivity index (χ0v) is 14.3. The molecule has 1 amide bonds. The molecule has 0 aliphatic carbocycles. The first-order valence-corrected chi connectivity index (χ1v) is 7.69. The standard InChI is InChI=1S/C15H23BrN2O.ClH/c1-2-3-7-13(11-17)18-15(19)10-9-12-6-4-5-8-14(12)16;/h4-6,8,13H,2-3,7,9-11,17H2,1H3,(H,18,19);1H. The zero-order chi connectivity index (χ0) is 14.1. The monoisotopic (exact) mass is 362 g/mol. The number of benzene rings is 1. The number of aryl methyl sites for hydroxylation is 1. The van der Waals surface area contributed by atoms with Crippen molar-refractivity contribution in [3.05, 3.63) is 34.3 Å². The maximum absolute atomic E-state index is 11.9. The van der Waals surface area contributed by atoms with Gasteiger partial charge in [0, 0.05) is 23.5 Å². The van der Waals surface area contributed by atoms with Crippen LogP contribution in [0.4, 0.5) is 0 Å². The Labute approximate surface area is 136 Å². The first-order valence-electron chi connectivity index (χ1n) is 6.90. The molecular weight excluding hydrogens is 340 g/mol. The SMILES string of the molecule is CCCCC(CN)NC(=O)CCc1ccccc1Br.Cl. The van der Waals surface area contributed by atoms with Crippen LogP contribution in [0, 0.1) is 0 Å². The summed E-state index contributed by atoms with van der Waals surface area (Å²) in [5.74, 6) is 0.0855. The second-order valence-electron chi connectivity index (χ2n) is 4.73. The highest BCUT2D eigenvalue weighted by atomic mass is 79.9. The predicted octanol–water partition coefficient (Wildman–Crippen LogP) is 3.44. The van der Waals surface area contributed by atoms with E-state index in [1.165, 1.54) is 0 Å². The lowest BCUT2D eigenvalue weighted by Crippen LogP contribution is -2.40. The van der Waals surface area contributed by atoms with Gasteiger partial charge in [-0.3, -0.25) is 4.79 Å². The number of rotatable bonds is 8. The van der Waals surface area contributed by atoms with Crippen LogP contribution in [-0.2, 0) is 11.2 Å². The fourth-order valence-corrected chi connectivity index (χ4v) is 2.43. The second kappa shape index (κ2) is 11.1. The summed E-state index contributed by atoms with van der Waals surface area (Å²) < 4.78 is 1.06. The number of halogens is 2. The fraction of sp³-hybridized carbons (Fsp3) is 0.533. The highest BCUT2D eigenvalue weighted by Crippen LogP contribution is 2.17. The van der Waals surface area contributed by atoms with E-state index in [1.807, 2.05) is 24.3 Å². The molecule has 20 heavy (non-hydrogen) atoms. The fourth-order valence-electron chi connectivity index (χ4n) is 1.95. The number of nitrogens with two attached hydrogens (primary N) is 1. The number of amides is 1. The summed E-state index contributed by atoms with van der Waals surface area (Å²) in [6.45, 7) is 2.66. The average molecular weight is 364 g/mol. The predicted molar refractivity (Wildman–Crippen MR) is 90.2 cm³/mol. The molecule has 0 heterocycles. The van der Waals surface area contributed by atoms with Gasteiger partial charge in [0.2, 0.25) is 5.91 Å². The lowest BCUT2D eigenvalue weighted by atomic mass is 10.1. The van der Waals surface area contributed by atoms with Gasteiger partial charge < -0.3 is 11.1 Å². The number of carbonyl (C=O) groups is 1. The van der Waals surface area contributed by atoms with Gasteiger partial charge in [-0.1, -0.05) is 53.9 Å². The van der Waals surface area contributed by atoms with E-state index >= 15 is 0 Å². The summed E-state index contributed by atoms with van der Waals surface area (Å²) >= 11 is 3.49. The van der Waals surface area contributed by atoms with Gasteiger partial charge in [0.25, 0.3) is 0 Å². The smallest absolute Gasteiger partial charge is 0.220 e. The van der Waals surface area contributed by atoms with Crippen LogP contribution in [0.25, 0.3) is 0 Å². The zero-order valence-electron chi connectivity index (χ0n) is 11.9. The Morgan fingerprint density at radius 1 is 1.40 bits per heavy atom. The summed E-state index contributed by atoms with van der Waals surface area (Å²) in [5.41, 5.74) is 6.83. The Balaban J connectivity index is 0.00000361. The van der Waals surface area contributed by atoms with Crippen molar-refractivity contribution >= 4 is 34.2 Å². The van der Waals surface area contributed by atoms with Crippen LogP contribution in [0.5, 0.6) is 0 Å². The molecule has 5 heteroatoms. The Hall–Kier alpha value is -0.580. The minimum Gasteiger partial charge on any atom is -0.352 e. The largest absolute Gasteiger partial charge is 0.352 e. The van der Waals surface area contributed by atoms with Gasteiger partial charge in [0.1, 0.15) is 0 Å². The molecule has 0 radical (unpaired) electrons. The third kappa shape index (κ3) is 7.27. The molecule has 1 atom stereocenters. The van der Waals surface area contributed by atoms with Gasteiger partial charge in [-0.2, -0.15) is 0 Å². The van der Waals surface area contributed by atoms with Crippen molar-refractivity contribution in [1.82, 2.24) is 5.32 Å². The third-order valence-electron chi connectivity index (χ3n) is 3.14. The molecule has 0 saturated heterocycles. The minimum absolute atomic E-state index is 0. The number of carbonyl (C=O) groups excluding carboxylic acids is 1. The van der Waals surface area contributed by atoms with E-state index in [0.717, 1.165) is 35.7 Å². The van der Waals surface area contributed by atoms with Crippen molar-refractivity contribution in [3.8, 4) is 0 Å². The Morgan fingerprint density at radius 2 is 2.10 bits per heavy atom. The number of hydrogen-bond donors (Lipinski definition) is 2. The van der Waals surface area contributed by atoms with Crippen LogP contribution < -0.4 is 11.1 Å². The van der Waals surface area contributed by atoms with Crippen LogP contribution in [0.2, 0.25) is 0 Å². The van der Waals surface area contributed by atoms with Crippen molar-refractivity contribution in [2.75, 3.05) is 6.54 Å². The van der Waals surface area contributed by atoms with Crippen LogP contribution in [0.1, 0.15) is 38.2 Å². The van der Waals surface area contributed by atoms with Gasteiger partial charge >= 0.3 is 0 Å². The lowest BCUT2D eigenvalue weighted by Gasteiger charge is -2.16. The molecule has 0 bridgehead atoms. The molecule has 3 nitrogen and oxygen atoms in total. The van der Waals surface area contributed by atoms with Gasteiger partial charge in [0.15, 0.2) is 0 Å². The first kappa shape index (κ1) is 19.4. The summed E-state index contributed by atoms with van der Waals surface area (Å²) in [6, 6.07) is 8.11. The molecule has 1 aromatic carbocycles. The van der Waals surface area contributed by atoms with Gasteiger partial charge in [0.05, 0.1) is 0 Å². The highest BCUT2D eigenvalue weighted by Gasteiger charge is 2.10. The highest BCUT2D eigenvalue weighted by molar-refractivity contribution is 9.10. The Kier molecular flexibility index (Phi) is 10.8. The molecule has 0 aliphatic rings. The second-order valence-corrected chi connectivity index (χ2v) is 5.59. The molecule has 0 aromatic heterocycles. The molecule has 114 valence electrons. The summed E-state index contributed by atoms with van der Waals surface area (Å²) in [4.78, 5) is 11.9. The molecule has 1 rings (SSSR count). The quantitative estimate of drug-likeness (QED) is 0.743. The van der Waals surface area contributed by atoms with E-state index in [9.17, 15) is 4.79 Å². The molecule has 0 spiro atoms. The molecule has 0 fully saturated rings. The Morgan fingerprint density at radius 3 is 2.70 bits per heavy atom. The van der Waals surface area contributed by atoms with Crippen molar-refractivity contribution < 1.29 is 4.79 Å². The van der Waals surface area contributed by atoms with Crippen LogP contribution in [-0.4, -0.2) is 18.5 Å². The van der Waals surface area contributed by atoms with E-state index in [4.69, 9.17) is 5.73 Å². The van der Waals surface area contributed by atoms with E-state index in [0.29, 0.717) is 13.0 Å². The summed E-state index contributed by atoms with van der Waals surface area (Å²) in [7, 11) is 0. The van der Waals surface area contributed by atoms with Gasteiger partial charge in [-0.15, -0.1) is 12.4 Å². The number of nitrogens with one attached hydrogen (secondary N) is 1. The third-order valence-corrected chi connectivity index (χ3v) is 3.91. The summed E-state index contributed by atoms with van der Waals surface area (Å²) in [5, 5.41) is 3.01. The van der Waals surface area contributed by atoms with Crippen molar-refractivity contribution in [1.29, 1.82) is 0 Å². The number of unbranched alkanes of at least 4 members (excludes halogenated alkanes) is 1. The molecule has 0 saturated carbocycles. The minimum atomic E-state index is 0. The van der Waals surface area contributed by atoms with E-state index < -0.39 is 0 Å². The van der Waals surface area contributed by atoms with E-state index in [-0.39, 0.29) is 24.4 Å². The van der Waals surface area contributed by atoms with E-state index in [1.54, 1.807) is 0 Å². The van der Waals surface area contributed by atoms with Crippen molar-refractivity contribution in [3.63, 3.8) is 0 Å².